The van der Waals surface area contributed by atoms with Gasteiger partial charge in [-0.05, 0) is 49.9 Å². The van der Waals surface area contributed by atoms with Gasteiger partial charge in [0.25, 0.3) is 0 Å². The van der Waals surface area contributed by atoms with Crippen molar-refractivity contribution >= 4 is 27.7 Å². The molecular formula is C16H25N3O3S2. The van der Waals surface area contributed by atoms with Gasteiger partial charge in [0.1, 0.15) is 6.04 Å². The van der Waals surface area contributed by atoms with E-state index in [0.29, 0.717) is 18.7 Å². The minimum Gasteiger partial charge on any atom is -0.353 e. The molecule has 1 fully saturated rings. The monoisotopic (exact) mass is 371 g/mol. The molecule has 1 aromatic rings. The first-order valence-electron chi connectivity index (χ1n) is 8.10. The molecule has 0 radical (unpaired) electrons. The number of rotatable bonds is 9. The highest BCUT2D eigenvalue weighted by Crippen LogP contribution is 2.11. The third-order valence-corrected chi connectivity index (χ3v) is 6.09. The summed E-state index contributed by atoms with van der Waals surface area (Å²) < 4.78 is 27.5. The van der Waals surface area contributed by atoms with E-state index in [4.69, 9.17) is 0 Å². The van der Waals surface area contributed by atoms with Crippen LogP contribution in [0, 0.1) is 0 Å². The highest BCUT2D eigenvalue weighted by Gasteiger charge is 2.26. The number of carbonyl (C=O) groups excluding carboxylic acids is 1. The molecule has 2 unspecified atom stereocenters. The summed E-state index contributed by atoms with van der Waals surface area (Å²) in [7, 11) is -3.71. The maximum atomic E-state index is 12.5. The second-order valence-corrected chi connectivity index (χ2v) is 8.51. The summed E-state index contributed by atoms with van der Waals surface area (Å²) in [5.74, 6) is 0.439. The number of sulfonamides is 1. The summed E-state index contributed by atoms with van der Waals surface area (Å²) in [6.45, 7) is 1.50. The fourth-order valence-electron chi connectivity index (χ4n) is 2.61. The zero-order valence-electron chi connectivity index (χ0n) is 13.8. The fraction of sp³-hybridized carbons (Fsp3) is 0.562. The molecule has 6 nitrogen and oxygen atoms in total. The van der Waals surface area contributed by atoms with E-state index < -0.39 is 16.1 Å². The van der Waals surface area contributed by atoms with E-state index in [1.165, 1.54) is 12.1 Å². The highest BCUT2D eigenvalue weighted by molar-refractivity contribution is 7.98. The van der Waals surface area contributed by atoms with E-state index in [2.05, 4.69) is 15.4 Å². The first-order valence-corrected chi connectivity index (χ1v) is 11.0. The Labute approximate surface area is 148 Å². The smallest absolute Gasteiger partial charge is 0.241 e. The van der Waals surface area contributed by atoms with Gasteiger partial charge in [0, 0.05) is 12.6 Å². The lowest BCUT2D eigenvalue weighted by Gasteiger charge is -2.19. The summed E-state index contributed by atoms with van der Waals surface area (Å²) in [4.78, 5) is 12.6. The van der Waals surface area contributed by atoms with Gasteiger partial charge >= 0.3 is 0 Å². The summed E-state index contributed by atoms with van der Waals surface area (Å²) in [5, 5.41) is 6.18. The van der Waals surface area contributed by atoms with E-state index in [1.807, 2.05) is 6.26 Å². The van der Waals surface area contributed by atoms with E-state index >= 15 is 0 Å². The zero-order chi connectivity index (χ0) is 17.4. The van der Waals surface area contributed by atoms with Gasteiger partial charge in [0.05, 0.1) is 4.90 Å². The molecule has 0 saturated carbocycles. The van der Waals surface area contributed by atoms with Crippen LogP contribution in [0.3, 0.4) is 0 Å². The topological polar surface area (TPSA) is 87.3 Å². The molecule has 0 aliphatic carbocycles. The number of thioether (sulfide) groups is 1. The molecule has 0 spiro atoms. The van der Waals surface area contributed by atoms with Crippen LogP contribution in [0.4, 0.5) is 0 Å². The minimum absolute atomic E-state index is 0.171. The average molecular weight is 372 g/mol. The fourth-order valence-corrected chi connectivity index (χ4v) is 4.33. The van der Waals surface area contributed by atoms with Crippen LogP contribution in [0.5, 0.6) is 0 Å². The molecule has 1 heterocycles. The molecule has 0 bridgehead atoms. The van der Waals surface area contributed by atoms with Gasteiger partial charge in [-0.3, -0.25) is 4.79 Å². The number of benzene rings is 1. The Hall–Kier alpha value is -1.09. The van der Waals surface area contributed by atoms with E-state index in [0.717, 1.165) is 19.4 Å². The maximum Gasteiger partial charge on any atom is 0.241 e. The van der Waals surface area contributed by atoms with Crippen molar-refractivity contribution in [3.8, 4) is 0 Å². The first-order chi connectivity index (χ1) is 11.5. The third kappa shape index (κ3) is 5.77. The molecule has 1 aliphatic rings. The lowest BCUT2D eigenvalue weighted by atomic mass is 10.2. The summed E-state index contributed by atoms with van der Waals surface area (Å²) in [5.41, 5.74) is 0. The van der Waals surface area contributed by atoms with E-state index in [-0.39, 0.29) is 16.8 Å². The number of nitrogens with one attached hydrogen (secondary N) is 3. The summed E-state index contributed by atoms with van der Waals surface area (Å²) >= 11 is 1.59. The Bertz CT molecular complexity index is 617. The predicted molar refractivity (Wildman–Crippen MR) is 97.6 cm³/mol. The molecule has 134 valence electrons. The van der Waals surface area contributed by atoms with Crippen LogP contribution in [0.15, 0.2) is 35.2 Å². The normalized spacial score (nSPS) is 19.1. The molecular weight excluding hydrogens is 346 g/mol. The van der Waals surface area contributed by atoms with Crippen LogP contribution < -0.4 is 15.4 Å². The second-order valence-electron chi connectivity index (χ2n) is 5.81. The van der Waals surface area contributed by atoms with Crippen LogP contribution in [0.2, 0.25) is 0 Å². The van der Waals surface area contributed by atoms with Crippen molar-refractivity contribution in [1.82, 2.24) is 15.4 Å². The molecule has 1 amide bonds. The van der Waals surface area contributed by atoms with Crippen molar-refractivity contribution < 1.29 is 13.2 Å². The van der Waals surface area contributed by atoms with Crippen molar-refractivity contribution in [2.45, 2.75) is 36.2 Å². The quantitative estimate of drug-likeness (QED) is 0.602. The van der Waals surface area contributed by atoms with Gasteiger partial charge < -0.3 is 10.6 Å². The molecule has 3 N–H and O–H groups in total. The van der Waals surface area contributed by atoms with Gasteiger partial charge in [-0.25, -0.2) is 8.42 Å². The molecule has 1 aliphatic heterocycles. The molecule has 24 heavy (non-hydrogen) atoms. The van der Waals surface area contributed by atoms with Gasteiger partial charge in [-0.1, -0.05) is 18.2 Å². The predicted octanol–water partition coefficient (Wildman–Crippen LogP) is 0.955. The van der Waals surface area contributed by atoms with E-state index in [9.17, 15) is 13.2 Å². The van der Waals surface area contributed by atoms with Crippen LogP contribution in [0.25, 0.3) is 0 Å². The van der Waals surface area contributed by atoms with Crippen LogP contribution in [-0.2, 0) is 14.8 Å². The third-order valence-electron chi connectivity index (χ3n) is 3.96. The number of carbonyl (C=O) groups is 1. The number of hydrogen-bond acceptors (Lipinski definition) is 5. The van der Waals surface area contributed by atoms with Gasteiger partial charge in [-0.15, -0.1) is 0 Å². The minimum atomic E-state index is -3.71. The lowest BCUT2D eigenvalue weighted by Crippen LogP contribution is -2.49. The Morgan fingerprint density at radius 2 is 2.12 bits per heavy atom. The number of amides is 1. The van der Waals surface area contributed by atoms with Crippen molar-refractivity contribution in [1.29, 1.82) is 0 Å². The SMILES string of the molecule is CSCCC(NS(=O)(=O)c1ccccc1)C(=O)NCC1CCCN1. The average Bonchev–Trinajstić information content (AvgIpc) is 3.10. The summed E-state index contributed by atoms with van der Waals surface area (Å²) in [6, 6.07) is 7.65. The van der Waals surface area contributed by atoms with Gasteiger partial charge in [-0.2, -0.15) is 16.5 Å². The summed E-state index contributed by atoms with van der Waals surface area (Å²) in [6.07, 6.45) is 4.53. The molecule has 0 aromatic heterocycles. The van der Waals surface area contributed by atoms with Crippen molar-refractivity contribution in [3.63, 3.8) is 0 Å². The van der Waals surface area contributed by atoms with Crippen LogP contribution in [0.1, 0.15) is 19.3 Å². The first kappa shape index (κ1) is 19.2. The Balaban J connectivity index is 1.99. The van der Waals surface area contributed by atoms with E-state index in [1.54, 1.807) is 30.0 Å². The van der Waals surface area contributed by atoms with Crippen LogP contribution >= 0.6 is 11.8 Å². The molecule has 2 atom stereocenters. The lowest BCUT2D eigenvalue weighted by molar-refractivity contribution is -0.122. The highest BCUT2D eigenvalue weighted by atomic mass is 32.2. The number of hydrogen-bond donors (Lipinski definition) is 3. The second kappa shape index (κ2) is 9.41. The molecule has 1 aromatic carbocycles. The molecule has 1 saturated heterocycles. The Kier molecular flexibility index (Phi) is 7.54. The standard InChI is InChI=1S/C16H25N3O3S2/c1-23-11-9-15(16(20)18-12-13-6-5-10-17-13)19-24(21,22)14-7-3-2-4-8-14/h2-4,7-8,13,15,17,19H,5-6,9-12H2,1H3,(H,18,20). The van der Waals surface area contributed by atoms with Crippen molar-refractivity contribution in [3.05, 3.63) is 30.3 Å². The largest absolute Gasteiger partial charge is 0.353 e. The van der Waals surface area contributed by atoms with Gasteiger partial charge in [0.15, 0.2) is 0 Å². The molecule has 2 rings (SSSR count). The van der Waals surface area contributed by atoms with Crippen molar-refractivity contribution in [2.75, 3.05) is 25.1 Å². The van der Waals surface area contributed by atoms with Crippen LogP contribution in [-0.4, -0.2) is 51.5 Å². The Morgan fingerprint density at radius 3 is 2.75 bits per heavy atom. The zero-order valence-corrected chi connectivity index (χ0v) is 15.5. The maximum absolute atomic E-state index is 12.5. The van der Waals surface area contributed by atoms with Crippen molar-refractivity contribution in [2.24, 2.45) is 0 Å². The molecule has 8 heteroatoms. The Morgan fingerprint density at radius 1 is 1.38 bits per heavy atom. The van der Waals surface area contributed by atoms with Gasteiger partial charge in [0.2, 0.25) is 15.9 Å².